The third kappa shape index (κ3) is 3.97. The zero-order valence-electron chi connectivity index (χ0n) is 6.54. The molecule has 0 amide bonds. The minimum atomic E-state index is 0.503. The van der Waals surface area contributed by atoms with E-state index in [-0.39, 0.29) is 0 Å². The Balaban J connectivity index is 4.33. The van der Waals surface area contributed by atoms with Gasteiger partial charge in [-0.2, -0.15) is 0 Å². The summed E-state index contributed by atoms with van der Waals surface area (Å²) in [6.45, 7) is 5.93. The van der Waals surface area contributed by atoms with E-state index >= 15 is 0 Å². The van der Waals surface area contributed by atoms with Crippen LogP contribution in [0, 0.1) is 0 Å². The number of hydrogen-bond acceptors (Lipinski definition) is 0. The molecule has 0 aromatic rings. The van der Waals surface area contributed by atoms with E-state index in [0.717, 1.165) is 10.6 Å². The van der Waals surface area contributed by atoms with E-state index in [1.165, 1.54) is 5.57 Å². The van der Waals surface area contributed by atoms with E-state index in [1.807, 2.05) is 26.8 Å². The summed E-state index contributed by atoms with van der Waals surface area (Å²) in [6, 6.07) is 0. The summed E-state index contributed by atoms with van der Waals surface area (Å²) in [5, 5.41) is 0.759. The molecule has 0 saturated heterocycles. The molecule has 0 saturated carbocycles. The van der Waals surface area contributed by atoms with Crippen molar-refractivity contribution in [2.45, 2.75) is 20.8 Å². The molecule has 58 valence electrons. The molecule has 10 heavy (non-hydrogen) atoms. The van der Waals surface area contributed by atoms with Crippen molar-refractivity contribution in [1.82, 2.24) is 0 Å². The third-order valence-electron chi connectivity index (χ3n) is 1.02. The highest BCUT2D eigenvalue weighted by atomic mass is 35.5. The maximum atomic E-state index is 5.85. The lowest BCUT2D eigenvalue weighted by Gasteiger charge is -1.96. The van der Waals surface area contributed by atoms with Crippen LogP contribution >= 0.6 is 23.2 Å². The van der Waals surface area contributed by atoms with Gasteiger partial charge in [0.25, 0.3) is 0 Å². The highest BCUT2D eigenvalue weighted by molar-refractivity contribution is 6.32. The lowest BCUT2D eigenvalue weighted by atomic mass is 10.2. The highest BCUT2D eigenvalue weighted by Crippen LogP contribution is 2.13. The molecule has 0 fully saturated rings. The van der Waals surface area contributed by atoms with Gasteiger partial charge in [-0.25, -0.2) is 0 Å². The zero-order chi connectivity index (χ0) is 8.15. The summed E-state index contributed by atoms with van der Waals surface area (Å²) in [6.07, 6.45) is 1.92. The van der Waals surface area contributed by atoms with Crippen LogP contribution in [0.5, 0.6) is 0 Å². The van der Waals surface area contributed by atoms with Crippen molar-refractivity contribution >= 4 is 23.2 Å². The number of allylic oxidation sites excluding steroid dienone is 4. The quantitative estimate of drug-likeness (QED) is 0.447. The smallest absolute Gasteiger partial charge is 0.0448 e. The fourth-order valence-electron chi connectivity index (χ4n) is 0.440. The summed E-state index contributed by atoms with van der Waals surface area (Å²) >= 11 is 11.4. The van der Waals surface area contributed by atoms with Crippen molar-refractivity contribution in [1.29, 1.82) is 0 Å². The Morgan fingerprint density at radius 1 is 1.30 bits per heavy atom. The lowest BCUT2D eigenvalue weighted by molar-refractivity contribution is 1.34. The molecular formula is C8H12Cl2. The molecular weight excluding hydrogens is 167 g/mol. The van der Waals surface area contributed by atoms with E-state index in [4.69, 9.17) is 23.2 Å². The summed E-state index contributed by atoms with van der Waals surface area (Å²) in [5.74, 6) is 0.503. The molecule has 0 unspecified atom stereocenters. The van der Waals surface area contributed by atoms with E-state index < -0.39 is 0 Å². The highest BCUT2D eigenvalue weighted by Gasteiger charge is 1.92. The fraction of sp³-hybridized carbons (Fsp3) is 0.500. The maximum absolute atomic E-state index is 5.85. The number of hydrogen-bond donors (Lipinski definition) is 0. The van der Waals surface area contributed by atoms with Crippen LogP contribution in [-0.4, -0.2) is 5.88 Å². The molecule has 0 aliphatic rings. The molecule has 0 radical (unpaired) electrons. The first-order valence-corrected chi connectivity index (χ1v) is 4.05. The zero-order valence-corrected chi connectivity index (χ0v) is 8.05. The number of rotatable bonds is 2. The Morgan fingerprint density at radius 3 is 2.10 bits per heavy atom. The Bertz CT molecular complexity index is 162. The fourth-order valence-corrected chi connectivity index (χ4v) is 0.938. The minimum absolute atomic E-state index is 0.503. The minimum Gasteiger partial charge on any atom is -0.122 e. The van der Waals surface area contributed by atoms with E-state index in [1.54, 1.807) is 0 Å². The van der Waals surface area contributed by atoms with Gasteiger partial charge in [0.15, 0.2) is 0 Å². The van der Waals surface area contributed by atoms with Crippen molar-refractivity contribution in [3.63, 3.8) is 0 Å². The van der Waals surface area contributed by atoms with E-state index in [9.17, 15) is 0 Å². The lowest BCUT2D eigenvalue weighted by Crippen LogP contribution is -1.80. The van der Waals surface area contributed by atoms with Crippen molar-refractivity contribution in [3.8, 4) is 0 Å². The molecule has 0 aromatic heterocycles. The molecule has 0 N–H and O–H groups in total. The predicted octanol–water partition coefficient (Wildman–Crippen LogP) is 3.70. The summed E-state index contributed by atoms with van der Waals surface area (Å²) in [7, 11) is 0. The maximum Gasteiger partial charge on any atom is 0.0448 e. The van der Waals surface area contributed by atoms with Crippen molar-refractivity contribution < 1.29 is 0 Å². The average Bonchev–Trinajstić information content (AvgIpc) is 1.85. The monoisotopic (exact) mass is 178 g/mol. The van der Waals surface area contributed by atoms with E-state index in [2.05, 4.69) is 0 Å². The van der Waals surface area contributed by atoms with Crippen LogP contribution in [0.1, 0.15) is 20.8 Å². The molecule has 0 rings (SSSR count). The van der Waals surface area contributed by atoms with Gasteiger partial charge in [0.2, 0.25) is 0 Å². The van der Waals surface area contributed by atoms with Gasteiger partial charge in [-0.1, -0.05) is 17.2 Å². The summed E-state index contributed by atoms with van der Waals surface area (Å²) < 4.78 is 0. The largest absolute Gasteiger partial charge is 0.122 e. The summed E-state index contributed by atoms with van der Waals surface area (Å²) in [4.78, 5) is 0. The third-order valence-corrected chi connectivity index (χ3v) is 1.86. The molecule has 0 atom stereocenters. The average molecular weight is 179 g/mol. The second-order valence-electron chi connectivity index (χ2n) is 2.48. The second kappa shape index (κ2) is 4.81. The molecule has 0 bridgehead atoms. The van der Waals surface area contributed by atoms with Gasteiger partial charge in [0.1, 0.15) is 0 Å². The van der Waals surface area contributed by atoms with Crippen LogP contribution in [0.4, 0.5) is 0 Å². The van der Waals surface area contributed by atoms with Gasteiger partial charge in [-0.3, -0.25) is 0 Å². The topological polar surface area (TPSA) is 0 Å². The van der Waals surface area contributed by atoms with Crippen LogP contribution in [0.25, 0.3) is 0 Å². The molecule has 0 aromatic carbocycles. The molecule has 2 heteroatoms. The van der Waals surface area contributed by atoms with Crippen LogP contribution in [0.2, 0.25) is 0 Å². The molecule has 0 spiro atoms. The van der Waals surface area contributed by atoms with Crippen LogP contribution in [0.15, 0.2) is 22.3 Å². The van der Waals surface area contributed by atoms with Gasteiger partial charge in [-0.05, 0) is 32.4 Å². The normalized spacial score (nSPS) is 12.5. The molecule has 0 aliphatic carbocycles. The van der Waals surface area contributed by atoms with E-state index in [0.29, 0.717) is 5.88 Å². The Kier molecular flexibility index (Phi) is 4.84. The van der Waals surface area contributed by atoms with Gasteiger partial charge in [0.05, 0.1) is 0 Å². The van der Waals surface area contributed by atoms with Crippen LogP contribution < -0.4 is 0 Å². The van der Waals surface area contributed by atoms with Gasteiger partial charge < -0.3 is 0 Å². The Labute approximate surface area is 72.5 Å². The first-order chi connectivity index (χ1) is 4.57. The number of alkyl halides is 1. The van der Waals surface area contributed by atoms with Crippen LogP contribution in [-0.2, 0) is 0 Å². The predicted molar refractivity (Wildman–Crippen MR) is 48.7 cm³/mol. The Morgan fingerprint density at radius 2 is 1.80 bits per heavy atom. The van der Waals surface area contributed by atoms with Gasteiger partial charge in [0, 0.05) is 10.9 Å². The van der Waals surface area contributed by atoms with Crippen molar-refractivity contribution in [2.24, 2.45) is 0 Å². The van der Waals surface area contributed by atoms with Gasteiger partial charge in [-0.15, -0.1) is 11.6 Å². The summed E-state index contributed by atoms with van der Waals surface area (Å²) in [5.41, 5.74) is 2.21. The SMILES string of the molecule is CC(C)=C/C(Cl)=C(/C)CCl. The first-order valence-electron chi connectivity index (χ1n) is 3.14. The molecule has 0 aliphatic heterocycles. The van der Waals surface area contributed by atoms with Gasteiger partial charge >= 0.3 is 0 Å². The van der Waals surface area contributed by atoms with Crippen molar-refractivity contribution in [3.05, 3.63) is 22.3 Å². The first kappa shape index (κ1) is 10.1. The number of halogens is 2. The van der Waals surface area contributed by atoms with Crippen molar-refractivity contribution in [2.75, 3.05) is 5.88 Å². The molecule has 0 heterocycles. The second-order valence-corrected chi connectivity index (χ2v) is 3.16. The Hall–Kier alpha value is 0.0600. The standard InChI is InChI=1S/C8H12Cl2/c1-6(2)4-8(10)7(3)5-9/h4H,5H2,1-3H3/b8-7+. The van der Waals surface area contributed by atoms with Crippen LogP contribution in [0.3, 0.4) is 0 Å². The molecule has 0 nitrogen and oxygen atoms in total.